The highest BCUT2D eigenvalue weighted by Gasteiger charge is 2.34. The Bertz CT molecular complexity index is 702. The van der Waals surface area contributed by atoms with Gasteiger partial charge in [0.2, 0.25) is 5.92 Å². The molecule has 0 radical (unpaired) electrons. The lowest BCUT2D eigenvalue weighted by molar-refractivity contribution is -0.0457. The Morgan fingerprint density at radius 2 is 1.92 bits per heavy atom. The van der Waals surface area contributed by atoms with Crippen molar-refractivity contribution in [2.45, 2.75) is 64.7 Å². The molecule has 0 atom stereocenters. The van der Waals surface area contributed by atoms with E-state index in [-0.39, 0.29) is 18.8 Å². The first-order valence-corrected chi connectivity index (χ1v) is 9.38. The number of hydrogen-bond acceptors (Lipinski definition) is 4. The summed E-state index contributed by atoms with van der Waals surface area (Å²) in [6.45, 7) is 6.17. The van der Waals surface area contributed by atoms with Crippen molar-refractivity contribution in [2.75, 3.05) is 0 Å². The lowest BCUT2D eigenvalue weighted by Crippen LogP contribution is -2.25. The third-order valence-corrected chi connectivity index (χ3v) is 5.40. The fourth-order valence-corrected chi connectivity index (χ4v) is 4.00. The molecule has 2 aromatic rings. The summed E-state index contributed by atoms with van der Waals surface area (Å²) in [5.41, 5.74) is 2.89. The average Bonchev–Trinajstić information content (AvgIpc) is 2.99. The van der Waals surface area contributed by atoms with Crippen molar-refractivity contribution < 1.29 is 8.78 Å². The van der Waals surface area contributed by atoms with E-state index in [1.54, 1.807) is 11.3 Å². The molecule has 0 bridgehead atoms. The Morgan fingerprint density at radius 3 is 2.54 bits per heavy atom. The molecule has 1 aliphatic carbocycles. The Morgan fingerprint density at radius 1 is 1.21 bits per heavy atom. The van der Waals surface area contributed by atoms with Crippen molar-refractivity contribution in [1.82, 2.24) is 15.0 Å². The third kappa shape index (κ3) is 4.15. The van der Waals surface area contributed by atoms with Crippen molar-refractivity contribution in [3.63, 3.8) is 0 Å². The van der Waals surface area contributed by atoms with Gasteiger partial charge in [-0.2, -0.15) is 0 Å². The van der Waals surface area contributed by atoms with Crippen LogP contribution >= 0.6 is 11.3 Å². The van der Waals surface area contributed by atoms with Crippen molar-refractivity contribution in [1.29, 1.82) is 0 Å². The van der Waals surface area contributed by atoms with Crippen LogP contribution in [0.25, 0.3) is 10.8 Å². The quantitative estimate of drug-likeness (QED) is 0.740. The summed E-state index contributed by atoms with van der Waals surface area (Å²) < 4.78 is 26.6. The summed E-state index contributed by atoms with van der Waals surface area (Å²) >= 11 is 1.56. The van der Waals surface area contributed by atoms with E-state index in [9.17, 15) is 8.78 Å². The van der Waals surface area contributed by atoms with E-state index < -0.39 is 5.92 Å². The molecule has 1 saturated carbocycles. The summed E-state index contributed by atoms with van der Waals surface area (Å²) in [6, 6.07) is 1.97. The third-order valence-electron chi connectivity index (χ3n) is 4.55. The molecule has 6 heteroatoms. The number of thiazole rings is 1. The van der Waals surface area contributed by atoms with E-state index in [1.165, 1.54) is 0 Å². The largest absolute Gasteiger partial charge is 0.248 e. The predicted octanol–water partition coefficient (Wildman–Crippen LogP) is 5.40. The molecule has 2 aromatic heterocycles. The first kappa shape index (κ1) is 17.4. The van der Waals surface area contributed by atoms with Crippen molar-refractivity contribution >= 4 is 11.3 Å². The zero-order valence-corrected chi connectivity index (χ0v) is 15.2. The zero-order chi connectivity index (χ0) is 17.3. The highest BCUT2D eigenvalue weighted by molar-refractivity contribution is 7.13. The molecular formula is C18H23F2N3S. The number of hydrogen-bond donors (Lipinski definition) is 0. The molecule has 0 saturated heterocycles. The van der Waals surface area contributed by atoms with E-state index in [0.29, 0.717) is 24.6 Å². The summed E-state index contributed by atoms with van der Waals surface area (Å²) in [5, 5.41) is 2.88. The normalized spacial score (nSPS) is 18.2. The maximum absolute atomic E-state index is 13.3. The minimum absolute atomic E-state index is 0.00117. The maximum Gasteiger partial charge on any atom is 0.248 e. The minimum atomic E-state index is -2.47. The van der Waals surface area contributed by atoms with Crippen LogP contribution in [0.1, 0.15) is 62.5 Å². The van der Waals surface area contributed by atoms with Gasteiger partial charge in [-0.25, -0.2) is 23.7 Å². The average molecular weight is 351 g/mol. The Kier molecular flexibility index (Phi) is 4.95. The van der Waals surface area contributed by atoms with Gasteiger partial charge in [-0.1, -0.05) is 13.8 Å². The highest BCUT2D eigenvalue weighted by Crippen LogP contribution is 2.37. The smallest absolute Gasteiger partial charge is 0.237 e. The topological polar surface area (TPSA) is 38.7 Å². The molecule has 3 rings (SSSR count). The van der Waals surface area contributed by atoms with Gasteiger partial charge in [-0.15, -0.1) is 11.3 Å². The van der Waals surface area contributed by atoms with E-state index in [1.807, 2.05) is 13.0 Å². The number of alkyl halides is 2. The fourth-order valence-electron chi connectivity index (χ4n) is 3.09. The monoisotopic (exact) mass is 351 g/mol. The van der Waals surface area contributed by atoms with E-state index >= 15 is 0 Å². The van der Waals surface area contributed by atoms with Crippen LogP contribution in [0, 0.1) is 12.8 Å². The van der Waals surface area contributed by atoms with Crippen LogP contribution in [-0.4, -0.2) is 20.9 Å². The molecule has 0 spiro atoms. The van der Waals surface area contributed by atoms with E-state index in [4.69, 9.17) is 0 Å². The fraction of sp³-hybridized carbons (Fsp3) is 0.611. The van der Waals surface area contributed by atoms with Crippen molar-refractivity contribution in [3.8, 4) is 10.8 Å². The van der Waals surface area contributed by atoms with Gasteiger partial charge in [0.15, 0.2) is 10.8 Å². The van der Waals surface area contributed by atoms with Crippen LogP contribution in [-0.2, 0) is 6.42 Å². The van der Waals surface area contributed by atoms with Gasteiger partial charge in [0.05, 0.1) is 5.69 Å². The number of aromatic nitrogens is 3. The van der Waals surface area contributed by atoms with Crippen LogP contribution in [0.2, 0.25) is 0 Å². The zero-order valence-electron chi connectivity index (χ0n) is 14.4. The lowest BCUT2D eigenvalue weighted by Gasteiger charge is -2.28. The maximum atomic E-state index is 13.3. The first-order chi connectivity index (χ1) is 11.3. The molecule has 2 heterocycles. The van der Waals surface area contributed by atoms with Gasteiger partial charge in [-0.05, 0) is 44.1 Å². The highest BCUT2D eigenvalue weighted by atomic mass is 32.1. The second kappa shape index (κ2) is 6.82. The van der Waals surface area contributed by atoms with E-state index in [0.717, 1.165) is 28.5 Å². The van der Waals surface area contributed by atoms with Gasteiger partial charge in [-0.3, -0.25) is 0 Å². The van der Waals surface area contributed by atoms with Gasteiger partial charge in [0.1, 0.15) is 0 Å². The molecule has 1 fully saturated rings. The van der Waals surface area contributed by atoms with Gasteiger partial charge < -0.3 is 0 Å². The number of nitrogens with zero attached hydrogens (tertiary/aromatic N) is 3. The molecule has 1 aliphatic rings. The first-order valence-electron chi connectivity index (χ1n) is 8.50. The second-order valence-corrected chi connectivity index (χ2v) is 7.92. The molecule has 0 amide bonds. The van der Waals surface area contributed by atoms with Crippen molar-refractivity contribution in [2.24, 2.45) is 5.92 Å². The molecule has 24 heavy (non-hydrogen) atoms. The molecular weight excluding hydrogens is 328 g/mol. The Balaban J connectivity index is 1.76. The second-order valence-electron chi connectivity index (χ2n) is 7.06. The molecule has 3 nitrogen and oxygen atoms in total. The van der Waals surface area contributed by atoms with Crippen LogP contribution in [0.4, 0.5) is 8.78 Å². The van der Waals surface area contributed by atoms with E-state index in [2.05, 4.69) is 34.2 Å². The Labute approximate surface area is 145 Å². The van der Waals surface area contributed by atoms with Gasteiger partial charge >= 0.3 is 0 Å². The van der Waals surface area contributed by atoms with Gasteiger partial charge in [0.25, 0.3) is 0 Å². The predicted molar refractivity (Wildman–Crippen MR) is 92.6 cm³/mol. The number of aryl methyl sites for hydroxylation is 1. The van der Waals surface area contributed by atoms with Crippen LogP contribution in [0.5, 0.6) is 0 Å². The summed E-state index contributed by atoms with van der Waals surface area (Å²) in [6.07, 6.45) is 1.88. The van der Waals surface area contributed by atoms with Crippen molar-refractivity contribution in [3.05, 3.63) is 28.5 Å². The minimum Gasteiger partial charge on any atom is -0.237 e. The van der Waals surface area contributed by atoms with Crippen LogP contribution in [0.3, 0.4) is 0 Å². The number of halogens is 2. The molecule has 130 valence electrons. The number of rotatable bonds is 4. The molecule has 0 unspecified atom stereocenters. The SMILES string of the molecule is Cc1cc(CC2CCC(F)(F)CC2)nc(-c2nc(C(C)C)cs2)n1. The van der Waals surface area contributed by atoms with Crippen LogP contribution in [0.15, 0.2) is 11.4 Å². The van der Waals surface area contributed by atoms with Crippen LogP contribution < -0.4 is 0 Å². The Hall–Kier alpha value is -1.43. The standard InChI is InChI=1S/C18H23F2N3S/c1-11(2)15-10-24-17(23-15)16-21-12(3)8-14(22-16)9-13-4-6-18(19,20)7-5-13/h8,10-11,13H,4-7,9H2,1-3H3. The summed E-state index contributed by atoms with van der Waals surface area (Å²) in [5.74, 6) is -1.15. The molecule has 0 N–H and O–H groups in total. The molecule has 0 aliphatic heterocycles. The summed E-state index contributed by atoms with van der Waals surface area (Å²) in [7, 11) is 0. The summed E-state index contributed by atoms with van der Waals surface area (Å²) in [4.78, 5) is 13.8. The molecule has 0 aromatic carbocycles. The lowest BCUT2D eigenvalue weighted by atomic mass is 9.84. The van der Waals surface area contributed by atoms with Gasteiger partial charge in [0, 0.05) is 29.6 Å².